The van der Waals surface area contributed by atoms with E-state index in [-0.39, 0.29) is 30.8 Å². The second-order valence-corrected chi connectivity index (χ2v) is 11.1. The molecule has 1 saturated heterocycles. The van der Waals surface area contributed by atoms with Crippen molar-refractivity contribution in [2.75, 3.05) is 46.9 Å². The third kappa shape index (κ3) is 6.30. The third-order valence-corrected chi connectivity index (χ3v) is 8.07. The van der Waals surface area contributed by atoms with Gasteiger partial charge in [-0.1, -0.05) is 30.3 Å². The van der Waals surface area contributed by atoms with Crippen LogP contribution in [-0.2, 0) is 14.3 Å². The first-order valence-electron chi connectivity index (χ1n) is 14.1. The number of hydrogen-bond donors (Lipinski definition) is 2. The van der Waals surface area contributed by atoms with E-state index in [1.54, 1.807) is 22.2 Å². The number of carbonyl (C=O) groups is 2. The lowest BCUT2D eigenvalue weighted by Gasteiger charge is -2.39. The van der Waals surface area contributed by atoms with Gasteiger partial charge >= 0.3 is 6.09 Å². The molecule has 2 aliphatic carbocycles. The van der Waals surface area contributed by atoms with E-state index in [0.717, 1.165) is 40.8 Å². The molecule has 2 amide bonds. The summed E-state index contributed by atoms with van der Waals surface area (Å²) in [5.74, 6) is -0.301. The smallest absolute Gasteiger partial charge is 0.410 e. The number of carbonyl (C=O) groups excluding carboxylic acids is 2. The fraction of sp³-hybridized carbons (Fsp3) is 0.387. The molecule has 2 aromatic rings. The number of piperazine rings is 1. The fourth-order valence-corrected chi connectivity index (χ4v) is 5.70. The number of nitrogens with zero attached hydrogens (tertiary/aromatic N) is 4. The molecular weight excluding hydrogens is 556 g/mol. The highest BCUT2D eigenvalue weighted by molar-refractivity contribution is 6.30. The summed E-state index contributed by atoms with van der Waals surface area (Å²) < 4.78 is 10.7. The van der Waals surface area contributed by atoms with E-state index < -0.39 is 6.04 Å². The van der Waals surface area contributed by atoms with Gasteiger partial charge < -0.3 is 30.3 Å². The molecule has 10 nitrogen and oxygen atoms in total. The number of nitrogens with two attached hydrogens (primary N) is 1. The average molecular weight is 593 g/mol. The highest BCUT2D eigenvalue weighted by atomic mass is 35.5. The third-order valence-electron chi connectivity index (χ3n) is 7.83. The van der Waals surface area contributed by atoms with Crippen LogP contribution in [0, 0.1) is 0 Å². The van der Waals surface area contributed by atoms with Gasteiger partial charge in [0.25, 0.3) is 0 Å². The van der Waals surface area contributed by atoms with Crippen molar-refractivity contribution in [3.8, 4) is 0 Å². The number of pyridine rings is 1. The molecule has 11 heteroatoms. The summed E-state index contributed by atoms with van der Waals surface area (Å²) in [6, 6.07) is 8.85. The molecule has 0 spiro atoms. The summed E-state index contributed by atoms with van der Waals surface area (Å²) in [5.41, 5.74) is 11.2. The Hall–Kier alpha value is -3.86. The molecule has 0 unspecified atom stereocenters. The highest BCUT2D eigenvalue weighted by Gasteiger charge is 2.37. The maximum Gasteiger partial charge on any atom is 0.410 e. The SMILES string of the molecule is C=CN(C)/C(=C\N)[C@H](NC(=O)COC)C1=Cc2cccnc2[C@@H](N2CCN(C(=O)OC3CC3)CC2)c2ccc(Cl)cc21. The summed E-state index contributed by atoms with van der Waals surface area (Å²) in [5, 5.41) is 3.66. The van der Waals surface area contributed by atoms with E-state index in [0.29, 0.717) is 36.9 Å². The normalized spacial score (nSPS) is 19.5. The average Bonchev–Trinajstić information content (AvgIpc) is 3.82. The Morgan fingerprint density at radius 1 is 1.26 bits per heavy atom. The van der Waals surface area contributed by atoms with E-state index in [2.05, 4.69) is 16.8 Å². The molecule has 3 N–H and O–H groups in total. The summed E-state index contributed by atoms with van der Waals surface area (Å²) in [7, 11) is 3.30. The van der Waals surface area contributed by atoms with E-state index in [9.17, 15) is 9.59 Å². The highest BCUT2D eigenvalue weighted by Crippen LogP contribution is 2.42. The van der Waals surface area contributed by atoms with Crippen molar-refractivity contribution in [2.24, 2.45) is 5.73 Å². The molecule has 3 aliphatic rings. The second kappa shape index (κ2) is 13.0. The van der Waals surface area contributed by atoms with Crippen LogP contribution in [0.5, 0.6) is 0 Å². The second-order valence-electron chi connectivity index (χ2n) is 10.6. The number of ether oxygens (including phenoxy) is 2. The minimum Gasteiger partial charge on any atom is -0.446 e. The lowest BCUT2D eigenvalue weighted by atomic mass is 9.89. The Bertz CT molecular complexity index is 1400. The largest absolute Gasteiger partial charge is 0.446 e. The summed E-state index contributed by atoms with van der Waals surface area (Å²) >= 11 is 6.62. The number of nitrogens with one attached hydrogen (secondary N) is 1. The zero-order valence-electron chi connectivity index (χ0n) is 24.0. The summed E-state index contributed by atoms with van der Waals surface area (Å²) in [6.07, 6.45) is 8.65. The topological polar surface area (TPSA) is 113 Å². The van der Waals surface area contributed by atoms with Crippen LogP contribution in [0.4, 0.5) is 4.79 Å². The van der Waals surface area contributed by atoms with Gasteiger partial charge in [-0.3, -0.25) is 14.7 Å². The zero-order chi connectivity index (χ0) is 29.8. The first kappa shape index (κ1) is 29.6. The van der Waals surface area contributed by atoms with Gasteiger partial charge in [-0.15, -0.1) is 0 Å². The lowest BCUT2D eigenvalue weighted by molar-refractivity contribution is -0.124. The van der Waals surface area contributed by atoms with Crippen LogP contribution in [0.2, 0.25) is 5.02 Å². The number of rotatable bonds is 9. The van der Waals surface area contributed by atoms with Gasteiger partial charge in [0.05, 0.1) is 23.5 Å². The van der Waals surface area contributed by atoms with Crippen molar-refractivity contribution >= 4 is 35.3 Å². The van der Waals surface area contributed by atoms with Gasteiger partial charge in [-0.05, 0) is 65.6 Å². The standard InChI is InChI=1S/C31H37ClN6O4/c1-4-36(2)26(18-33)29(35-27(39)19-41-3)25-16-20-6-5-11-34-28(20)30(23-10-7-21(32)17-24(23)25)37-12-14-38(15-13-37)31(40)42-22-8-9-22/h4-7,10-11,16-18,22,29-30H,1,8-9,12-15,19,33H2,2-3H3,(H,35,39)/b26-18-/t29-,30+/m1/s1. The van der Waals surface area contributed by atoms with Crippen molar-refractivity contribution < 1.29 is 19.1 Å². The number of methoxy groups -OCH3 is 1. The van der Waals surface area contributed by atoms with Gasteiger partial charge in [0, 0.05) is 57.8 Å². The van der Waals surface area contributed by atoms with Crippen LogP contribution < -0.4 is 11.1 Å². The van der Waals surface area contributed by atoms with Crippen LogP contribution in [0.25, 0.3) is 11.6 Å². The van der Waals surface area contributed by atoms with Crippen molar-refractivity contribution in [2.45, 2.75) is 31.0 Å². The molecule has 2 fully saturated rings. The Morgan fingerprint density at radius 3 is 2.69 bits per heavy atom. The Kier molecular flexibility index (Phi) is 9.15. The first-order chi connectivity index (χ1) is 20.3. The maximum atomic E-state index is 12.9. The molecule has 1 aromatic carbocycles. The molecule has 0 bridgehead atoms. The monoisotopic (exact) mass is 592 g/mol. The molecule has 0 radical (unpaired) electrons. The summed E-state index contributed by atoms with van der Waals surface area (Å²) in [4.78, 5) is 36.3. The Labute approximate surface area is 251 Å². The van der Waals surface area contributed by atoms with E-state index in [1.165, 1.54) is 13.3 Å². The predicted octanol–water partition coefficient (Wildman–Crippen LogP) is 3.60. The fourth-order valence-electron chi connectivity index (χ4n) is 5.53. The van der Waals surface area contributed by atoms with Gasteiger partial charge in [0.1, 0.15) is 12.7 Å². The summed E-state index contributed by atoms with van der Waals surface area (Å²) in [6.45, 7) is 6.15. The number of aromatic nitrogens is 1. The molecule has 2 atom stereocenters. The van der Waals surface area contributed by atoms with E-state index in [4.69, 9.17) is 31.8 Å². The zero-order valence-corrected chi connectivity index (χ0v) is 24.7. The van der Waals surface area contributed by atoms with Crippen LogP contribution in [0.15, 0.2) is 61.2 Å². The molecule has 1 saturated carbocycles. The van der Waals surface area contributed by atoms with Gasteiger partial charge in [-0.2, -0.15) is 0 Å². The molecule has 2 heterocycles. The number of benzene rings is 1. The van der Waals surface area contributed by atoms with Crippen molar-refractivity contribution in [1.29, 1.82) is 0 Å². The number of fused-ring (bicyclic) bond motifs is 2. The van der Waals surface area contributed by atoms with Crippen LogP contribution in [0.3, 0.4) is 0 Å². The minimum atomic E-state index is -0.654. The van der Waals surface area contributed by atoms with Gasteiger partial charge in [0.15, 0.2) is 0 Å². The molecule has 42 heavy (non-hydrogen) atoms. The van der Waals surface area contributed by atoms with Gasteiger partial charge in [-0.25, -0.2) is 4.79 Å². The van der Waals surface area contributed by atoms with Crippen molar-refractivity contribution in [3.63, 3.8) is 0 Å². The minimum absolute atomic E-state index is 0.0690. The van der Waals surface area contributed by atoms with Gasteiger partial charge in [0.2, 0.25) is 5.91 Å². The molecular formula is C31H37ClN6O4. The number of hydrogen-bond acceptors (Lipinski definition) is 8. The van der Waals surface area contributed by atoms with Crippen LogP contribution in [-0.4, -0.2) is 90.8 Å². The van der Waals surface area contributed by atoms with Crippen LogP contribution in [0.1, 0.15) is 41.3 Å². The quantitative estimate of drug-likeness (QED) is 0.454. The lowest BCUT2D eigenvalue weighted by Crippen LogP contribution is -2.50. The predicted molar refractivity (Wildman–Crippen MR) is 162 cm³/mol. The van der Waals surface area contributed by atoms with E-state index in [1.807, 2.05) is 43.5 Å². The Balaban J connectivity index is 1.58. The van der Waals surface area contributed by atoms with Crippen molar-refractivity contribution in [3.05, 3.63) is 88.6 Å². The molecule has 1 aliphatic heterocycles. The molecule has 1 aromatic heterocycles. The molecule has 222 valence electrons. The van der Waals surface area contributed by atoms with Crippen molar-refractivity contribution in [1.82, 2.24) is 25.0 Å². The number of likely N-dealkylation sites (N-methyl/N-ethyl adjacent to an activating group) is 1. The molecule has 5 rings (SSSR count). The number of amides is 2. The first-order valence-corrected chi connectivity index (χ1v) is 14.4. The number of halogens is 1. The van der Waals surface area contributed by atoms with Crippen LogP contribution >= 0.6 is 11.6 Å². The maximum absolute atomic E-state index is 12.9. The van der Waals surface area contributed by atoms with E-state index >= 15 is 0 Å². The Morgan fingerprint density at radius 2 is 2.02 bits per heavy atom.